The van der Waals surface area contributed by atoms with Gasteiger partial charge in [0.05, 0.1) is 18.4 Å². The highest BCUT2D eigenvalue weighted by atomic mass is 32.1. The normalized spacial score (nSPS) is 16.6. The average molecular weight is 359 g/mol. The van der Waals surface area contributed by atoms with E-state index in [1.54, 1.807) is 31.4 Å². The molecule has 0 fully saturated rings. The van der Waals surface area contributed by atoms with Crippen LogP contribution in [0.1, 0.15) is 46.8 Å². The molecule has 0 bridgehead atoms. The van der Waals surface area contributed by atoms with Gasteiger partial charge in [-0.25, -0.2) is 4.79 Å². The Kier molecular flexibility index (Phi) is 5.38. The van der Waals surface area contributed by atoms with Crippen molar-refractivity contribution in [3.8, 4) is 0 Å². The van der Waals surface area contributed by atoms with Crippen LogP contribution < -0.4 is 5.32 Å². The van der Waals surface area contributed by atoms with Crippen molar-refractivity contribution in [2.45, 2.75) is 33.1 Å². The van der Waals surface area contributed by atoms with Crippen molar-refractivity contribution in [3.05, 3.63) is 46.2 Å². The number of thiophene rings is 1. The van der Waals surface area contributed by atoms with E-state index in [4.69, 9.17) is 9.15 Å². The van der Waals surface area contributed by atoms with Gasteiger partial charge < -0.3 is 14.5 Å². The van der Waals surface area contributed by atoms with E-state index in [2.05, 4.69) is 12.2 Å². The molecule has 2 aromatic rings. The van der Waals surface area contributed by atoms with E-state index in [1.807, 2.05) is 0 Å². The Labute approximate surface area is 150 Å². The molecule has 6 heteroatoms. The molecule has 132 valence electrons. The van der Waals surface area contributed by atoms with Gasteiger partial charge in [0.25, 0.3) is 0 Å². The summed E-state index contributed by atoms with van der Waals surface area (Å²) >= 11 is 1.48. The zero-order chi connectivity index (χ0) is 17.8. The van der Waals surface area contributed by atoms with Crippen LogP contribution in [0, 0.1) is 5.92 Å². The van der Waals surface area contributed by atoms with Gasteiger partial charge in [0.15, 0.2) is 0 Å². The molecule has 3 rings (SSSR count). The van der Waals surface area contributed by atoms with Crippen LogP contribution in [-0.2, 0) is 22.4 Å². The molecule has 0 aromatic carbocycles. The molecule has 2 heterocycles. The Morgan fingerprint density at radius 3 is 3.04 bits per heavy atom. The number of ether oxygens (including phenoxy) is 1. The lowest BCUT2D eigenvalue weighted by Gasteiger charge is -2.18. The Balaban J connectivity index is 1.84. The van der Waals surface area contributed by atoms with E-state index in [-0.39, 0.29) is 11.9 Å². The second kappa shape index (κ2) is 7.70. The van der Waals surface area contributed by atoms with Gasteiger partial charge in [-0.05, 0) is 55.9 Å². The fourth-order valence-corrected chi connectivity index (χ4v) is 4.36. The van der Waals surface area contributed by atoms with Gasteiger partial charge in [0.2, 0.25) is 5.91 Å². The van der Waals surface area contributed by atoms with Gasteiger partial charge in [0.1, 0.15) is 10.8 Å². The third kappa shape index (κ3) is 4.02. The fourth-order valence-electron chi connectivity index (χ4n) is 2.96. The molecule has 1 amide bonds. The van der Waals surface area contributed by atoms with E-state index in [0.717, 1.165) is 24.8 Å². The fraction of sp³-hybridized carbons (Fsp3) is 0.368. The first kappa shape index (κ1) is 17.5. The Hall–Kier alpha value is -2.34. The topological polar surface area (TPSA) is 68.5 Å². The van der Waals surface area contributed by atoms with Gasteiger partial charge >= 0.3 is 5.97 Å². The number of furan rings is 1. The number of fused-ring (bicyclic) bond motifs is 1. The zero-order valence-electron chi connectivity index (χ0n) is 14.3. The minimum atomic E-state index is -0.361. The number of hydrogen-bond donors (Lipinski definition) is 1. The molecule has 0 unspecified atom stereocenters. The van der Waals surface area contributed by atoms with Crippen LogP contribution in [0.3, 0.4) is 0 Å². The summed E-state index contributed by atoms with van der Waals surface area (Å²) in [7, 11) is 0. The smallest absolute Gasteiger partial charge is 0.341 e. The molecule has 1 N–H and O–H groups in total. The molecule has 2 aromatic heterocycles. The number of carbonyl (C=O) groups is 2. The molecule has 1 aliphatic rings. The molecule has 1 atom stereocenters. The summed E-state index contributed by atoms with van der Waals surface area (Å²) in [5.74, 6) is 0.525. The number of amides is 1. The minimum absolute atomic E-state index is 0.298. The van der Waals surface area contributed by atoms with Crippen LogP contribution in [0.2, 0.25) is 0 Å². The van der Waals surface area contributed by atoms with Crippen LogP contribution in [0.25, 0.3) is 6.08 Å². The predicted molar refractivity (Wildman–Crippen MR) is 97.8 cm³/mol. The summed E-state index contributed by atoms with van der Waals surface area (Å²) < 4.78 is 10.4. The maximum absolute atomic E-state index is 12.4. The first-order valence-electron chi connectivity index (χ1n) is 8.42. The highest BCUT2D eigenvalue weighted by molar-refractivity contribution is 7.17. The number of esters is 1. The summed E-state index contributed by atoms with van der Waals surface area (Å²) in [6.07, 6.45) is 7.36. The molecule has 0 radical (unpaired) electrons. The second-order valence-electron chi connectivity index (χ2n) is 6.11. The Morgan fingerprint density at radius 2 is 2.32 bits per heavy atom. The quantitative estimate of drug-likeness (QED) is 0.638. The average Bonchev–Trinajstić information content (AvgIpc) is 3.19. The summed E-state index contributed by atoms with van der Waals surface area (Å²) in [4.78, 5) is 25.8. The van der Waals surface area contributed by atoms with Gasteiger partial charge in [-0.1, -0.05) is 6.92 Å². The van der Waals surface area contributed by atoms with Crippen molar-refractivity contribution in [2.75, 3.05) is 11.9 Å². The maximum Gasteiger partial charge on any atom is 0.341 e. The number of carbonyl (C=O) groups excluding carboxylic acids is 2. The lowest BCUT2D eigenvalue weighted by Crippen LogP contribution is -2.15. The number of anilines is 1. The SMILES string of the molecule is CCOC(=O)c1c(NC(=O)/C=C/c2ccco2)sc2c1CC[C@@H](C)C2. The zero-order valence-corrected chi connectivity index (χ0v) is 15.2. The molecule has 0 aliphatic heterocycles. The number of rotatable bonds is 5. The van der Waals surface area contributed by atoms with E-state index in [0.29, 0.717) is 28.8 Å². The van der Waals surface area contributed by atoms with Crippen molar-refractivity contribution in [2.24, 2.45) is 5.92 Å². The first-order valence-corrected chi connectivity index (χ1v) is 9.24. The van der Waals surface area contributed by atoms with Crippen LogP contribution in [0.5, 0.6) is 0 Å². The molecule has 0 spiro atoms. The Bertz CT molecular complexity index is 789. The summed E-state index contributed by atoms with van der Waals surface area (Å²) in [5, 5.41) is 3.41. The molecular weight excluding hydrogens is 338 g/mol. The molecule has 5 nitrogen and oxygen atoms in total. The van der Waals surface area contributed by atoms with E-state index >= 15 is 0 Å². The van der Waals surface area contributed by atoms with E-state index < -0.39 is 0 Å². The Morgan fingerprint density at radius 1 is 1.48 bits per heavy atom. The molecular formula is C19H21NO4S. The third-order valence-corrected chi connectivity index (χ3v) is 5.34. The highest BCUT2D eigenvalue weighted by Crippen LogP contribution is 2.40. The van der Waals surface area contributed by atoms with E-state index in [9.17, 15) is 9.59 Å². The number of nitrogens with one attached hydrogen (secondary N) is 1. The molecule has 0 saturated carbocycles. The van der Waals surface area contributed by atoms with Gasteiger partial charge in [-0.15, -0.1) is 11.3 Å². The van der Waals surface area contributed by atoms with Crippen molar-refractivity contribution in [1.82, 2.24) is 0 Å². The van der Waals surface area contributed by atoms with Crippen molar-refractivity contribution >= 4 is 34.3 Å². The van der Waals surface area contributed by atoms with E-state index in [1.165, 1.54) is 22.3 Å². The van der Waals surface area contributed by atoms with Gasteiger partial charge in [-0.2, -0.15) is 0 Å². The summed E-state index contributed by atoms with van der Waals surface area (Å²) in [5.41, 5.74) is 1.56. The second-order valence-corrected chi connectivity index (χ2v) is 7.22. The third-order valence-electron chi connectivity index (χ3n) is 4.17. The molecule has 1 aliphatic carbocycles. The van der Waals surface area contributed by atoms with Gasteiger partial charge in [-0.3, -0.25) is 4.79 Å². The monoisotopic (exact) mass is 359 g/mol. The standard InChI is InChI=1S/C19H21NO4S/c1-3-23-19(22)17-14-8-6-12(2)11-15(14)25-18(17)20-16(21)9-7-13-5-4-10-24-13/h4-5,7,9-10,12H,3,6,8,11H2,1-2H3,(H,20,21)/b9-7+/t12-/m1/s1. The lowest BCUT2D eigenvalue weighted by atomic mass is 9.88. The predicted octanol–water partition coefficient (Wildman–Crippen LogP) is 4.29. The minimum Gasteiger partial charge on any atom is -0.465 e. The van der Waals surface area contributed by atoms with Crippen LogP contribution in [0.15, 0.2) is 28.9 Å². The molecule has 25 heavy (non-hydrogen) atoms. The van der Waals surface area contributed by atoms with Crippen molar-refractivity contribution in [1.29, 1.82) is 0 Å². The van der Waals surface area contributed by atoms with Crippen LogP contribution >= 0.6 is 11.3 Å². The summed E-state index contributed by atoms with van der Waals surface area (Å²) in [6.45, 7) is 4.30. The maximum atomic E-state index is 12.4. The largest absolute Gasteiger partial charge is 0.465 e. The van der Waals surface area contributed by atoms with Crippen LogP contribution in [-0.4, -0.2) is 18.5 Å². The number of hydrogen-bond acceptors (Lipinski definition) is 5. The first-order chi connectivity index (χ1) is 12.1. The molecule has 0 saturated heterocycles. The van der Waals surface area contributed by atoms with Crippen molar-refractivity contribution in [3.63, 3.8) is 0 Å². The van der Waals surface area contributed by atoms with Crippen LogP contribution in [0.4, 0.5) is 5.00 Å². The summed E-state index contributed by atoms with van der Waals surface area (Å²) in [6, 6.07) is 3.52. The highest BCUT2D eigenvalue weighted by Gasteiger charge is 2.28. The lowest BCUT2D eigenvalue weighted by molar-refractivity contribution is -0.111. The van der Waals surface area contributed by atoms with Gasteiger partial charge in [0, 0.05) is 11.0 Å². The van der Waals surface area contributed by atoms with Crippen molar-refractivity contribution < 1.29 is 18.7 Å².